The SMILES string of the molecule is COc1cccc(N2CCN(CC(=O)Nc3ccc(C(C)(C)C)cc3)CC2)c1. The lowest BCUT2D eigenvalue weighted by atomic mass is 9.87. The minimum atomic E-state index is 0.0401. The van der Waals surface area contributed by atoms with E-state index in [-0.39, 0.29) is 11.3 Å². The number of anilines is 2. The minimum absolute atomic E-state index is 0.0401. The molecule has 0 bridgehead atoms. The van der Waals surface area contributed by atoms with Crippen LogP contribution in [0.2, 0.25) is 0 Å². The van der Waals surface area contributed by atoms with E-state index in [1.54, 1.807) is 7.11 Å². The lowest BCUT2D eigenvalue weighted by Crippen LogP contribution is -2.48. The number of hydrogen-bond acceptors (Lipinski definition) is 4. The highest BCUT2D eigenvalue weighted by molar-refractivity contribution is 5.92. The van der Waals surface area contributed by atoms with E-state index in [1.807, 2.05) is 24.3 Å². The number of benzene rings is 2. The number of rotatable bonds is 5. The molecule has 0 spiro atoms. The molecule has 0 aromatic heterocycles. The quantitative estimate of drug-likeness (QED) is 0.857. The standard InChI is InChI=1S/C23H31N3O2/c1-23(2,3)18-8-10-19(11-9-18)24-22(27)17-25-12-14-26(15-13-25)20-6-5-7-21(16-20)28-4/h5-11,16H,12-15,17H2,1-4H3,(H,24,27). The molecule has 0 unspecified atom stereocenters. The Kier molecular flexibility index (Phi) is 6.25. The van der Waals surface area contributed by atoms with Crippen molar-refractivity contribution in [3.8, 4) is 5.75 Å². The van der Waals surface area contributed by atoms with Gasteiger partial charge in [-0.15, -0.1) is 0 Å². The molecule has 28 heavy (non-hydrogen) atoms. The average molecular weight is 382 g/mol. The molecule has 3 rings (SSSR count). The summed E-state index contributed by atoms with van der Waals surface area (Å²) >= 11 is 0. The summed E-state index contributed by atoms with van der Waals surface area (Å²) in [5.74, 6) is 0.912. The molecule has 1 fully saturated rings. The van der Waals surface area contributed by atoms with Crippen LogP contribution in [0.1, 0.15) is 26.3 Å². The molecule has 0 radical (unpaired) electrons. The maximum absolute atomic E-state index is 12.4. The summed E-state index contributed by atoms with van der Waals surface area (Å²) in [6.07, 6.45) is 0. The number of carbonyl (C=O) groups excluding carboxylic acids is 1. The second-order valence-corrected chi connectivity index (χ2v) is 8.34. The number of carbonyl (C=O) groups is 1. The summed E-state index contributed by atoms with van der Waals surface area (Å²) < 4.78 is 5.31. The van der Waals surface area contributed by atoms with E-state index in [0.717, 1.165) is 37.6 Å². The van der Waals surface area contributed by atoms with Crippen LogP contribution >= 0.6 is 0 Å². The molecule has 5 heteroatoms. The van der Waals surface area contributed by atoms with Crippen LogP contribution in [0.5, 0.6) is 5.75 Å². The van der Waals surface area contributed by atoms with Gasteiger partial charge in [-0.05, 0) is 35.2 Å². The van der Waals surface area contributed by atoms with E-state index < -0.39 is 0 Å². The van der Waals surface area contributed by atoms with E-state index in [0.29, 0.717) is 6.54 Å². The second-order valence-electron chi connectivity index (χ2n) is 8.34. The summed E-state index contributed by atoms with van der Waals surface area (Å²) in [4.78, 5) is 17.0. The Morgan fingerprint density at radius 3 is 2.32 bits per heavy atom. The fourth-order valence-electron chi connectivity index (χ4n) is 3.43. The molecule has 1 aliphatic rings. The van der Waals surface area contributed by atoms with Crippen molar-refractivity contribution in [3.05, 3.63) is 54.1 Å². The summed E-state index contributed by atoms with van der Waals surface area (Å²) in [5, 5.41) is 3.02. The Bertz CT molecular complexity index is 788. The molecule has 0 aliphatic carbocycles. The van der Waals surface area contributed by atoms with Gasteiger partial charge < -0.3 is 15.0 Å². The zero-order chi connectivity index (χ0) is 20.1. The van der Waals surface area contributed by atoms with Gasteiger partial charge in [0, 0.05) is 43.6 Å². The Hall–Kier alpha value is -2.53. The van der Waals surface area contributed by atoms with E-state index in [4.69, 9.17) is 4.74 Å². The van der Waals surface area contributed by atoms with Crippen LogP contribution in [0, 0.1) is 0 Å². The Morgan fingerprint density at radius 2 is 1.71 bits per heavy atom. The lowest BCUT2D eigenvalue weighted by molar-refractivity contribution is -0.117. The summed E-state index contributed by atoms with van der Waals surface area (Å²) in [5.41, 5.74) is 3.40. The maximum Gasteiger partial charge on any atom is 0.238 e. The van der Waals surface area contributed by atoms with Gasteiger partial charge in [0.05, 0.1) is 13.7 Å². The number of hydrogen-bond donors (Lipinski definition) is 1. The topological polar surface area (TPSA) is 44.8 Å². The molecule has 5 nitrogen and oxygen atoms in total. The number of amides is 1. The van der Waals surface area contributed by atoms with Crippen molar-refractivity contribution in [2.45, 2.75) is 26.2 Å². The lowest BCUT2D eigenvalue weighted by Gasteiger charge is -2.35. The van der Waals surface area contributed by atoms with Gasteiger partial charge in [0.25, 0.3) is 0 Å². The van der Waals surface area contributed by atoms with Crippen molar-refractivity contribution in [2.75, 3.05) is 50.1 Å². The smallest absolute Gasteiger partial charge is 0.238 e. The van der Waals surface area contributed by atoms with Crippen LogP contribution in [-0.2, 0) is 10.2 Å². The van der Waals surface area contributed by atoms with E-state index in [9.17, 15) is 4.79 Å². The summed E-state index contributed by atoms with van der Waals surface area (Å²) in [6, 6.07) is 16.3. The predicted molar refractivity (Wildman–Crippen MR) is 115 cm³/mol. The zero-order valence-electron chi connectivity index (χ0n) is 17.4. The molecule has 0 saturated carbocycles. The van der Waals surface area contributed by atoms with Crippen LogP contribution in [0.4, 0.5) is 11.4 Å². The number of nitrogens with zero attached hydrogens (tertiary/aromatic N) is 2. The van der Waals surface area contributed by atoms with Crippen LogP contribution in [0.15, 0.2) is 48.5 Å². The molecule has 150 valence electrons. The Morgan fingerprint density at radius 1 is 1.04 bits per heavy atom. The third-order valence-electron chi connectivity index (χ3n) is 5.19. The highest BCUT2D eigenvalue weighted by Crippen LogP contribution is 2.24. The average Bonchev–Trinajstić information content (AvgIpc) is 2.68. The minimum Gasteiger partial charge on any atom is -0.497 e. The molecule has 1 heterocycles. The molecule has 2 aromatic carbocycles. The summed E-state index contributed by atoms with van der Waals surface area (Å²) in [6.45, 7) is 10.5. The fourth-order valence-corrected chi connectivity index (χ4v) is 3.43. The third kappa shape index (κ3) is 5.26. The number of piperazine rings is 1. The van der Waals surface area contributed by atoms with Crippen LogP contribution < -0.4 is 15.0 Å². The Labute approximate surface area is 168 Å². The van der Waals surface area contributed by atoms with Crippen molar-refractivity contribution in [3.63, 3.8) is 0 Å². The van der Waals surface area contributed by atoms with Crippen LogP contribution in [0.25, 0.3) is 0 Å². The zero-order valence-corrected chi connectivity index (χ0v) is 17.4. The first kappa shape index (κ1) is 20.2. The van der Waals surface area contributed by atoms with Gasteiger partial charge in [0.15, 0.2) is 0 Å². The van der Waals surface area contributed by atoms with Crippen molar-refractivity contribution in [1.29, 1.82) is 0 Å². The number of methoxy groups -OCH3 is 1. The van der Waals surface area contributed by atoms with Crippen molar-refractivity contribution in [2.24, 2.45) is 0 Å². The predicted octanol–water partition coefficient (Wildman–Crippen LogP) is 3.75. The maximum atomic E-state index is 12.4. The van der Waals surface area contributed by atoms with Gasteiger partial charge in [-0.2, -0.15) is 0 Å². The molecule has 1 aliphatic heterocycles. The van der Waals surface area contributed by atoms with Crippen LogP contribution in [-0.4, -0.2) is 50.6 Å². The van der Waals surface area contributed by atoms with Crippen molar-refractivity contribution in [1.82, 2.24) is 4.90 Å². The molecular formula is C23H31N3O2. The molecular weight excluding hydrogens is 350 g/mol. The molecule has 1 amide bonds. The van der Waals surface area contributed by atoms with Gasteiger partial charge in [-0.25, -0.2) is 0 Å². The fraction of sp³-hybridized carbons (Fsp3) is 0.435. The van der Waals surface area contributed by atoms with Gasteiger partial charge in [-0.1, -0.05) is 39.0 Å². The molecule has 0 atom stereocenters. The largest absolute Gasteiger partial charge is 0.497 e. The van der Waals surface area contributed by atoms with Gasteiger partial charge >= 0.3 is 0 Å². The molecule has 2 aromatic rings. The monoisotopic (exact) mass is 381 g/mol. The van der Waals surface area contributed by atoms with Gasteiger partial charge in [0.2, 0.25) is 5.91 Å². The summed E-state index contributed by atoms with van der Waals surface area (Å²) in [7, 11) is 1.69. The Balaban J connectivity index is 1.48. The van der Waals surface area contributed by atoms with Gasteiger partial charge in [-0.3, -0.25) is 9.69 Å². The highest BCUT2D eigenvalue weighted by atomic mass is 16.5. The molecule has 1 N–H and O–H groups in total. The van der Waals surface area contributed by atoms with Gasteiger partial charge in [0.1, 0.15) is 5.75 Å². The number of nitrogens with one attached hydrogen (secondary N) is 1. The van der Waals surface area contributed by atoms with E-state index >= 15 is 0 Å². The third-order valence-corrected chi connectivity index (χ3v) is 5.19. The van der Waals surface area contributed by atoms with Crippen molar-refractivity contribution >= 4 is 17.3 Å². The first-order valence-electron chi connectivity index (χ1n) is 9.87. The highest BCUT2D eigenvalue weighted by Gasteiger charge is 2.20. The second kappa shape index (κ2) is 8.65. The van der Waals surface area contributed by atoms with E-state index in [1.165, 1.54) is 11.3 Å². The first-order chi connectivity index (χ1) is 13.3. The van der Waals surface area contributed by atoms with Crippen LogP contribution in [0.3, 0.4) is 0 Å². The van der Waals surface area contributed by atoms with Crippen molar-refractivity contribution < 1.29 is 9.53 Å². The first-order valence-corrected chi connectivity index (χ1v) is 9.87. The molecule has 1 saturated heterocycles. The normalized spacial score (nSPS) is 15.4. The number of ether oxygens (including phenoxy) is 1. The van der Waals surface area contributed by atoms with E-state index in [2.05, 4.69) is 60.2 Å².